The Morgan fingerprint density at radius 2 is 2.32 bits per heavy atom. The summed E-state index contributed by atoms with van der Waals surface area (Å²) in [5, 5.41) is 3.33. The Morgan fingerprint density at radius 1 is 1.53 bits per heavy atom. The Balaban J connectivity index is 2.02. The van der Waals surface area contributed by atoms with Crippen LogP contribution in [0.4, 0.5) is 5.69 Å². The summed E-state index contributed by atoms with van der Waals surface area (Å²) in [5.41, 5.74) is 2.19. The molecule has 0 radical (unpaired) electrons. The first-order valence-corrected chi connectivity index (χ1v) is 7.07. The highest BCUT2D eigenvalue weighted by molar-refractivity contribution is 5.42. The number of nitrogens with one attached hydrogen (secondary N) is 1. The molecular formula is C15H25N3O. The van der Waals surface area contributed by atoms with Crippen molar-refractivity contribution >= 4 is 5.69 Å². The van der Waals surface area contributed by atoms with Crippen molar-refractivity contribution in [2.45, 2.75) is 45.9 Å². The van der Waals surface area contributed by atoms with Crippen LogP contribution in [0.3, 0.4) is 0 Å². The molecule has 2 rings (SSSR count). The van der Waals surface area contributed by atoms with Gasteiger partial charge in [-0.15, -0.1) is 0 Å². The van der Waals surface area contributed by atoms with Crippen molar-refractivity contribution in [2.75, 3.05) is 25.0 Å². The molecule has 0 saturated carbocycles. The molecule has 0 spiro atoms. The van der Waals surface area contributed by atoms with Gasteiger partial charge in [-0.25, -0.2) is 0 Å². The van der Waals surface area contributed by atoms with Gasteiger partial charge in [0.05, 0.1) is 17.4 Å². The third-order valence-corrected chi connectivity index (χ3v) is 3.22. The highest BCUT2D eigenvalue weighted by atomic mass is 16.5. The highest BCUT2D eigenvalue weighted by Gasteiger charge is 2.31. The molecule has 1 aromatic heterocycles. The number of nitrogens with zero attached hydrogens (tertiary/aromatic N) is 2. The van der Waals surface area contributed by atoms with E-state index in [4.69, 9.17) is 4.74 Å². The van der Waals surface area contributed by atoms with Crippen LogP contribution < -0.4 is 5.32 Å². The number of hydrogen-bond acceptors (Lipinski definition) is 4. The quantitative estimate of drug-likeness (QED) is 0.905. The van der Waals surface area contributed by atoms with Gasteiger partial charge in [0.15, 0.2) is 0 Å². The van der Waals surface area contributed by atoms with Crippen LogP contribution in [0.25, 0.3) is 0 Å². The molecule has 106 valence electrons. The van der Waals surface area contributed by atoms with Gasteiger partial charge in [-0.05, 0) is 39.8 Å². The van der Waals surface area contributed by atoms with Gasteiger partial charge in [0.1, 0.15) is 0 Å². The van der Waals surface area contributed by atoms with Gasteiger partial charge in [-0.3, -0.25) is 9.88 Å². The van der Waals surface area contributed by atoms with Crippen LogP contribution >= 0.6 is 0 Å². The SMILES string of the molecule is CCNc1ccnc(CN2CC(C)OC(C)(C)C2)c1. The van der Waals surface area contributed by atoms with E-state index >= 15 is 0 Å². The van der Waals surface area contributed by atoms with E-state index in [0.717, 1.165) is 37.6 Å². The Kier molecular flexibility index (Phi) is 4.42. The Bertz CT molecular complexity index is 420. The molecule has 0 aliphatic carbocycles. The van der Waals surface area contributed by atoms with Crippen LogP contribution in [0.1, 0.15) is 33.4 Å². The Hall–Kier alpha value is -1.13. The molecule has 1 N–H and O–H groups in total. The maximum atomic E-state index is 5.93. The Morgan fingerprint density at radius 3 is 3.00 bits per heavy atom. The molecule has 1 saturated heterocycles. The first-order chi connectivity index (χ1) is 8.98. The number of rotatable bonds is 4. The third-order valence-electron chi connectivity index (χ3n) is 3.22. The largest absolute Gasteiger partial charge is 0.385 e. The van der Waals surface area contributed by atoms with Gasteiger partial charge in [0, 0.05) is 38.1 Å². The van der Waals surface area contributed by atoms with Gasteiger partial charge in [0.2, 0.25) is 0 Å². The summed E-state index contributed by atoms with van der Waals surface area (Å²) in [6, 6.07) is 4.15. The van der Waals surface area contributed by atoms with Crippen LogP contribution in [-0.4, -0.2) is 41.2 Å². The van der Waals surface area contributed by atoms with Crippen LogP contribution in [-0.2, 0) is 11.3 Å². The molecule has 19 heavy (non-hydrogen) atoms. The van der Waals surface area contributed by atoms with Crippen LogP contribution in [0.5, 0.6) is 0 Å². The molecule has 0 aromatic carbocycles. The van der Waals surface area contributed by atoms with E-state index in [-0.39, 0.29) is 11.7 Å². The number of pyridine rings is 1. The van der Waals surface area contributed by atoms with Crippen molar-refractivity contribution in [3.05, 3.63) is 24.0 Å². The monoisotopic (exact) mass is 263 g/mol. The molecule has 4 nitrogen and oxygen atoms in total. The standard InChI is InChI=1S/C15H25N3O/c1-5-16-13-6-7-17-14(8-13)10-18-9-12(2)19-15(3,4)11-18/h6-8,12H,5,9-11H2,1-4H3,(H,16,17). The molecule has 2 heterocycles. The van der Waals surface area contributed by atoms with E-state index in [9.17, 15) is 0 Å². The average molecular weight is 263 g/mol. The minimum Gasteiger partial charge on any atom is -0.385 e. The predicted octanol–water partition coefficient (Wildman–Crippen LogP) is 2.51. The number of ether oxygens (including phenoxy) is 1. The summed E-state index contributed by atoms with van der Waals surface area (Å²) in [6.45, 7) is 12.3. The number of anilines is 1. The van der Waals surface area contributed by atoms with E-state index < -0.39 is 0 Å². The second-order valence-electron chi connectivity index (χ2n) is 5.92. The van der Waals surface area contributed by atoms with Crippen molar-refractivity contribution in [3.8, 4) is 0 Å². The maximum Gasteiger partial charge on any atom is 0.0757 e. The molecule has 0 amide bonds. The van der Waals surface area contributed by atoms with E-state index in [1.54, 1.807) is 0 Å². The van der Waals surface area contributed by atoms with Crippen molar-refractivity contribution in [1.29, 1.82) is 0 Å². The lowest BCUT2D eigenvalue weighted by molar-refractivity contribution is -0.130. The fourth-order valence-electron chi connectivity index (χ4n) is 2.81. The summed E-state index contributed by atoms with van der Waals surface area (Å²) in [6.07, 6.45) is 2.16. The fourth-order valence-corrected chi connectivity index (χ4v) is 2.81. The van der Waals surface area contributed by atoms with E-state index in [1.165, 1.54) is 0 Å². The van der Waals surface area contributed by atoms with E-state index in [1.807, 2.05) is 12.3 Å². The molecule has 1 aliphatic rings. The minimum atomic E-state index is -0.0725. The molecule has 1 unspecified atom stereocenters. The van der Waals surface area contributed by atoms with Crippen LogP contribution in [0.15, 0.2) is 18.3 Å². The van der Waals surface area contributed by atoms with Crippen molar-refractivity contribution in [3.63, 3.8) is 0 Å². The predicted molar refractivity (Wildman–Crippen MR) is 78.3 cm³/mol. The summed E-state index contributed by atoms with van der Waals surface area (Å²) in [7, 11) is 0. The van der Waals surface area contributed by atoms with Gasteiger partial charge < -0.3 is 10.1 Å². The van der Waals surface area contributed by atoms with Crippen molar-refractivity contribution in [2.24, 2.45) is 0 Å². The molecule has 4 heteroatoms. The average Bonchev–Trinajstić information content (AvgIpc) is 2.26. The molecule has 1 aliphatic heterocycles. The van der Waals surface area contributed by atoms with E-state index in [0.29, 0.717) is 0 Å². The summed E-state index contributed by atoms with van der Waals surface area (Å²) in [4.78, 5) is 6.89. The highest BCUT2D eigenvalue weighted by Crippen LogP contribution is 2.22. The molecular weight excluding hydrogens is 238 g/mol. The second kappa shape index (κ2) is 5.88. The van der Waals surface area contributed by atoms with E-state index in [2.05, 4.69) is 49.0 Å². The number of hydrogen-bond donors (Lipinski definition) is 1. The van der Waals surface area contributed by atoms with Crippen molar-refractivity contribution in [1.82, 2.24) is 9.88 Å². The lowest BCUT2D eigenvalue weighted by Crippen LogP contribution is -2.51. The number of aromatic nitrogens is 1. The lowest BCUT2D eigenvalue weighted by Gasteiger charge is -2.41. The smallest absolute Gasteiger partial charge is 0.0757 e. The molecule has 1 aromatic rings. The lowest BCUT2D eigenvalue weighted by atomic mass is 10.1. The fraction of sp³-hybridized carbons (Fsp3) is 0.667. The van der Waals surface area contributed by atoms with Crippen LogP contribution in [0.2, 0.25) is 0 Å². The summed E-state index contributed by atoms with van der Waals surface area (Å²) in [5.74, 6) is 0. The summed E-state index contributed by atoms with van der Waals surface area (Å²) < 4.78 is 5.93. The number of morpholine rings is 1. The zero-order chi connectivity index (χ0) is 13.9. The first-order valence-electron chi connectivity index (χ1n) is 7.07. The zero-order valence-electron chi connectivity index (χ0n) is 12.4. The van der Waals surface area contributed by atoms with Gasteiger partial charge in [-0.1, -0.05) is 0 Å². The van der Waals surface area contributed by atoms with Gasteiger partial charge >= 0.3 is 0 Å². The zero-order valence-corrected chi connectivity index (χ0v) is 12.4. The first kappa shape index (κ1) is 14.3. The summed E-state index contributed by atoms with van der Waals surface area (Å²) >= 11 is 0. The molecule has 1 atom stereocenters. The Labute approximate surface area is 116 Å². The topological polar surface area (TPSA) is 37.4 Å². The van der Waals surface area contributed by atoms with Gasteiger partial charge in [0.25, 0.3) is 0 Å². The van der Waals surface area contributed by atoms with Crippen molar-refractivity contribution < 1.29 is 4.74 Å². The normalized spacial score (nSPS) is 23.3. The van der Waals surface area contributed by atoms with Crippen LogP contribution in [0, 0.1) is 0 Å². The van der Waals surface area contributed by atoms with Gasteiger partial charge in [-0.2, -0.15) is 0 Å². The maximum absolute atomic E-state index is 5.93. The third kappa shape index (κ3) is 4.18. The minimum absolute atomic E-state index is 0.0725. The second-order valence-corrected chi connectivity index (χ2v) is 5.92. The molecule has 0 bridgehead atoms. The molecule has 1 fully saturated rings.